The van der Waals surface area contributed by atoms with Crippen LogP contribution in [0.5, 0.6) is 0 Å². The van der Waals surface area contributed by atoms with E-state index in [1.165, 1.54) is 24.3 Å². The highest BCUT2D eigenvalue weighted by Crippen LogP contribution is 2.23. The molecule has 4 rings (SSSR count). The first-order valence-electron chi connectivity index (χ1n) is 10.9. The number of benzene rings is 3. The first-order valence-corrected chi connectivity index (χ1v) is 12.3. The summed E-state index contributed by atoms with van der Waals surface area (Å²) in [4.78, 5) is 20.8. The van der Waals surface area contributed by atoms with Crippen molar-refractivity contribution in [3.8, 4) is 0 Å². The standard InChI is InChI=1S/C25H25FN4O3S/c1-16(2)15-23(24-27-21-5-3-4-6-22(21)28-24)29-25(31)17-7-11-19(12-8-17)30-34(32,33)20-13-9-18(26)10-14-20/h3-14,16,23,30H,15H2,1-2H3,(H,27,28)(H,29,31). The number of aromatic amines is 1. The summed E-state index contributed by atoms with van der Waals surface area (Å²) in [6, 6.07) is 18.0. The Bertz CT molecular complexity index is 1370. The largest absolute Gasteiger partial charge is 0.342 e. The molecule has 0 radical (unpaired) electrons. The van der Waals surface area contributed by atoms with E-state index < -0.39 is 15.8 Å². The second-order valence-corrected chi connectivity index (χ2v) is 10.1. The third-order valence-electron chi connectivity index (χ3n) is 5.27. The summed E-state index contributed by atoms with van der Waals surface area (Å²) in [5.74, 6) is 0.195. The normalized spacial score (nSPS) is 12.6. The van der Waals surface area contributed by atoms with Gasteiger partial charge in [0.2, 0.25) is 0 Å². The minimum atomic E-state index is -3.87. The molecule has 0 saturated heterocycles. The number of H-pyrrole nitrogens is 1. The Kier molecular flexibility index (Phi) is 6.65. The topological polar surface area (TPSA) is 104 Å². The number of imidazole rings is 1. The van der Waals surface area contributed by atoms with Crippen LogP contribution < -0.4 is 10.0 Å². The lowest BCUT2D eigenvalue weighted by Crippen LogP contribution is -2.30. The number of halogens is 1. The van der Waals surface area contributed by atoms with Crippen molar-refractivity contribution in [1.82, 2.24) is 15.3 Å². The monoisotopic (exact) mass is 480 g/mol. The maximum atomic E-state index is 13.1. The fourth-order valence-electron chi connectivity index (χ4n) is 3.61. The Hall–Kier alpha value is -3.72. The molecule has 3 aromatic carbocycles. The Balaban J connectivity index is 1.48. The van der Waals surface area contributed by atoms with Crippen LogP contribution in [-0.4, -0.2) is 24.3 Å². The lowest BCUT2D eigenvalue weighted by atomic mass is 10.0. The summed E-state index contributed by atoms with van der Waals surface area (Å²) in [6.07, 6.45) is 0.696. The molecule has 4 aromatic rings. The molecule has 0 saturated carbocycles. The molecule has 0 aliphatic rings. The summed E-state index contributed by atoms with van der Waals surface area (Å²) in [5.41, 5.74) is 2.41. The van der Waals surface area contributed by atoms with E-state index in [-0.39, 0.29) is 22.5 Å². The highest BCUT2D eigenvalue weighted by Gasteiger charge is 2.21. The zero-order chi connectivity index (χ0) is 24.3. The van der Waals surface area contributed by atoms with Gasteiger partial charge in [0, 0.05) is 11.3 Å². The number of nitrogens with zero attached hydrogens (tertiary/aromatic N) is 1. The number of anilines is 1. The molecule has 1 amide bonds. The van der Waals surface area contributed by atoms with Gasteiger partial charge < -0.3 is 10.3 Å². The molecule has 1 heterocycles. The van der Waals surface area contributed by atoms with Crippen LogP contribution in [0.2, 0.25) is 0 Å². The van der Waals surface area contributed by atoms with Gasteiger partial charge in [-0.1, -0.05) is 26.0 Å². The number of rotatable bonds is 8. The van der Waals surface area contributed by atoms with Crippen molar-refractivity contribution in [2.45, 2.75) is 31.2 Å². The highest BCUT2D eigenvalue weighted by molar-refractivity contribution is 7.92. The number of carbonyl (C=O) groups is 1. The van der Waals surface area contributed by atoms with Crippen LogP contribution >= 0.6 is 0 Å². The van der Waals surface area contributed by atoms with Crippen LogP contribution in [0.15, 0.2) is 77.7 Å². The molecule has 1 atom stereocenters. The van der Waals surface area contributed by atoms with Crippen molar-refractivity contribution < 1.29 is 17.6 Å². The second-order valence-electron chi connectivity index (χ2n) is 8.43. The molecule has 34 heavy (non-hydrogen) atoms. The number of carbonyl (C=O) groups excluding carboxylic acids is 1. The SMILES string of the molecule is CC(C)CC(NC(=O)c1ccc(NS(=O)(=O)c2ccc(F)cc2)cc1)c1nc2ccccc2[nH]1. The number of para-hydroxylation sites is 2. The number of fused-ring (bicyclic) bond motifs is 1. The van der Waals surface area contributed by atoms with Gasteiger partial charge in [0.25, 0.3) is 15.9 Å². The van der Waals surface area contributed by atoms with E-state index in [4.69, 9.17) is 0 Å². The van der Waals surface area contributed by atoms with E-state index in [1.807, 2.05) is 24.3 Å². The molecule has 0 fully saturated rings. The van der Waals surface area contributed by atoms with Crippen molar-refractivity contribution in [3.63, 3.8) is 0 Å². The number of hydrogen-bond donors (Lipinski definition) is 3. The summed E-state index contributed by atoms with van der Waals surface area (Å²) >= 11 is 0. The van der Waals surface area contributed by atoms with E-state index >= 15 is 0 Å². The number of aromatic nitrogens is 2. The summed E-state index contributed by atoms with van der Waals surface area (Å²) < 4.78 is 40.5. The fraction of sp³-hybridized carbons (Fsp3) is 0.200. The van der Waals surface area contributed by atoms with E-state index in [0.29, 0.717) is 23.7 Å². The third-order valence-corrected chi connectivity index (χ3v) is 6.67. The van der Waals surface area contributed by atoms with E-state index in [2.05, 4.69) is 33.9 Å². The first-order chi connectivity index (χ1) is 16.2. The van der Waals surface area contributed by atoms with Crippen LogP contribution in [0.4, 0.5) is 10.1 Å². The average molecular weight is 481 g/mol. The molecular weight excluding hydrogens is 455 g/mol. The van der Waals surface area contributed by atoms with E-state index in [1.54, 1.807) is 12.1 Å². The number of amides is 1. The maximum Gasteiger partial charge on any atom is 0.261 e. The first kappa shape index (κ1) is 23.4. The molecule has 0 bridgehead atoms. The minimum Gasteiger partial charge on any atom is -0.342 e. The minimum absolute atomic E-state index is 0.0573. The molecule has 0 aliphatic carbocycles. The van der Waals surface area contributed by atoms with Crippen LogP contribution in [0.25, 0.3) is 11.0 Å². The molecule has 1 aromatic heterocycles. The third kappa shape index (κ3) is 5.43. The summed E-state index contributed by atoms with van der Waals surface area (Å²) in [5, 5.41) is 3.03. The van der Waals surface area contributed by atoms with Crippen molar-refractivity contribution in [2.24, 2.45) is 5.92 Å². The summed E-state index contributed by atoms with van der Waals surface area (Å²) in [6.45, 7) is 4.15. The van der Waals surface area contributed by atoms with Gasteiger partial charge in [-0.3, -0.25) is 9.52 Å². The van der Waals surface area contributed by atoms with Gasteiger partial charge in [0.05, 0.1) is 22.0 Å². The molecule has 3 N–H and O–H groups in total. The maximum absolute atomic E-state index is 13.1. The second kappa shape index (κ2) is 9.64. The van der Waals surface area contributed by atoms with Crippen molar-refractivity contribution in [1.29, 1.82) is 0 Å². The Labute approximate surface area is 197 Å². The van der Waals surface area contributed by atoms with Gasteiger partial charge in [0.15, 0.2) is 0 Å². The van der Waals surface area contributed by atoms with Gasteiger partial charge in [-0.2, -0.15) is 0 Å². The molecule has 1 unspecified atom stereocenters. The molecular formula is C25H25FN4O3S. The Morgan fingerprint density at radius 1 is 1.00 bits per heavy atom. The molecule has 9 heteroatoms. The van der Waals surface area contributed by atoms with Gasteiger partial charge >= 0.3 is 0 Å². The zero-order valence-electron chi connectivity index (χ0n) is 18.7. The van der Waals surface area contributed by atoms with Gasteiger partial charge in [0.1, 0.15) is 11.6 Å². The molecule has 0 spiro atoms. The number of hydrogen-bond acceptors (Lipinski definition) is 4. The zero-order valence-corrected chi connectivity index (χ0v) is 19.6. The lowest BCUT2D eigenvalue weighted by molar-refractivity contribution is 0.0930. The van der Waals surface area contributed by atoms with Crippen LogP contribution in [0.3, 0.4) is 0 Å². The predicted octanol–water partition coefficient (Wildman–Crippen LogP) is 5.02. The van der Waals surface area contributed by atoms with Crippen LogP contribution in [0.1, 0.15) is 42.5 Å². The number of sulfonamides is 1. The van der Waals surface area contributed by atoms with Crippen LogP contribution in [0, 0.1) is 11.7 Å². The summed E-state index contributed by atoms with van der Waals surface area (Å²) in [7, 11) is -3.87. The number of nitrogens with one attached hydrogen (secondary N) is 3. The molecule has 0 aliphatic heterocycles. The van der Waals surface area contributed by atoms with Crippen molar-refractivity contribution >= 4 is 32.7 Å². The smallest absolute Gasteiger partial charge is 0.261 e. The average Bonchev–Trinajstić information content (AvgIpc) is 3.23. The van der Waals surface area contributed by atoms with Gasteiger partial charge in [-0.05, 0) is 73.0 Å². The van der Waals surface area contributed by atoms with E-state index in [0.717, 1.165) is 23.2 Å². The molecule has 176 valence electrons. The van der Waals surface area contributed by atoms with Crippen LogP contribution in [-0.2, 0) is 10.0 Å². The fourth-order valence-corrected chi connectivity index (χ4v) is 4.67. The Morgan fingerprint density at radius 3 is 2.32 bits per heavy atom. The van der Waals surface area contributed by atoms with Crippen molar-refractivity contribution in [2.75, 3.05) is 4.72 Å². The Morgan fingerprint density at radius 2 is 1.68 bits per heavy atom. The lowest BCUT2D eigenvalue weighted by Gasteiger charge is -2.19. The van der Waals surface area contributed by atoms with E-state index in [9.17, 15) is 17.6 Å². The van der Waals surface area contributed by atoms with Crippen molar-refractivity contribution in [3.05, 3.63) is 90.0 Å². The van der Waals surface area contributed by atoms with Gasteiger partial charge in [-0.15, -0.1) is 0 Å². The van der Waals surface area contributed by atoms with Gasteiger partial charge in [-0.25, -0.2) is 17.8 Å². The highest BCUT2D eigenvalue weighted by atomic mass is 32.2. The molecule has 7 nitrogen and oxygen atoms in total. The quantitative estimate of drug-likeness (QED) is 0.329. The predicted molar refractivity (Wildman–Crippen MR) is 129 cm³/mol.